The highest BCUT2D eigenvalue weighted by atomic mass is 79.9. The summed E-state index contributed by atoms with van der Waals surface area (Å²) in [6, 6.07) is 7.03. The molecular weight excluding hydrogens is 388 g/mol. The van der Waals surface area contributed by atoms with Crippen molar-refractivity contribution in [1.82, 2.24) is 9.78 Å². The van der Waals surface area contributed by atoms with Crippen LogP contribution in [0.25, 0.3) is 0 Å². The van der Waals surface area contributed by atoms with Gasteiger partial charge in [-0.25, -0.2) is 4.68 Å². The summed E-state index contributed by atoms with van der Waals surface area (Å²) >= 11 is 3.35. The Bertz CT molecular complexity index is 814. The molecule has 1 N–H and O–H groups in total. The fourth-order valence-electron chi connectivity index (χ4n) is 2.68. The minimum atomic E-state index is -0.280. The Labute approximate surface area is 153 Å². The molecular formula is C17H19BrN4O3. The molecule has 1 amide bonds. The highest BCUT2D eigenvalue weighted by Gasteiger charge is 2.21. The van der Waals surface area contributed by atoms with Crippen LogP contribution in [0.2, 0.25) is 0 Å². The summed E-state index contributed by atoms with van der Waals surface area (Å²) < 4.78 is 7.64. The van der Waals surface area contributed by atoms with Crippen molar-refractivity contribution in [2.45, 2.75) is 13.5 Å². The summed E-state index contributed by atoms with van der Waals surface area (Å²) in [5.41, 5.74) is 1.18. The monoisotopic (exact) mass is 406 g/mol. The maximum Gasteiger partial charge on any atom is 0.292 e. The van der Waals surface area contributed by atoms with Gasteiger partial charge in [-0.05, 0) is 31.2 Å². The molecule has 1 aliphatic heterocycles. The van der Waals surface area contributed by atoms with Crippen molar-refractivity contribution in [3.63, 3.8) is 0 Å². The number of anilines is 2. The lowest BCUT2D eigenvalue weighted by atomic mass is 10.2. The maximum atomic E-state index is 12.7. The summed E-state index contributed by atoms with van der Waals surface area (Å²) in [6.45, 7) is 4.63. The number of aryl methyl sites for hydroxylation is 1. The molecule has 7 nitrogen and oxygen atoms in total. The molecule has 0 bridgehead atoms. The smallest absolute Gasteiger partial charge is 0.292 e. The van der Waals surface area contributed by atoms with Gasteiger partial charge in [0.25, 0.3) is 11.5 Å². The zero-order valence-electron chi connectivity index (χ0n) is 13.9. The molecule has 8 heteroatoms. The van der Waals surface area contributed by atoms with E-state index in [0.29, 0.717) is 49.8 Å². The lowest BCUT2D eigenvalue weighted by molar-refractivity contribution is 0.102. The highest BCUT2D eigenvalue weighted by Crippen LogP contribution is 2.22. The van der Waals surface area contributed by atoms with Gasteiger partial charge >= 0.3 is 0 Å². The molecule has 0 unspecified atom stereocenters. The van der Waals surface area contributed by atoms with Crippen molar-refractivity contribution in [1.29, 1.82) is 0 Å². The SMILES string of the molecule is CCn1ncc(NC(=O)c2ccc(Br)cc2)c(N2CCOCC2)c1=O. The minimum Gasteiger partial charge on any atom is -0.378 e. The van der Waals surface area contributed by atoms with E-state index in [1.165, 1.54) is 10.9 Å². The zero-order valence-corrected chi connectivity index (χ0v) is 15.5. The number of amides is 1. The van der Waals surface area contributed by atoms with Crippen LogP contribution >= 0.6 is 15.9 Å². The predicted octanol–water partition coefficient (Wildman–Crippen LogP) is 2.11. The van der Waals surface area contributed by atoms with E-state index in [9.17, 15) is 9.59 Å². The Morgan fingerprint density at radius 2 is 1.96 bits per heavy atom. The van der Waals surface area contributed by atoms with Crippen molar-refractivity contribution in [3.05, 3.63) is 50.9 Å². The highest BCUT2D eigenvalue weighted by molar-refractivity contribution is 9.10. The van der Waals surface area contributed by atoms with Gasteiger partial charge in [0.15, 0.2) is 0 Å². The lowest BCUT2D eigenvalue weighted by Crippen LogP contribution is -2.41. The van der Waals surface area contributed by atoms with Gasteiger partial charge < -0.3 is 15.0 Å². The van der Waals surface area contributed by atoms with Crippen LogP contribution in [0.1, 0.15) is 17.3 Å². The molecule has 0 spiro atoms. The number of ether oxygens (including phenoxy) is 1. The number of morpholine rings is 1. The lowest BCUT2D eigenvalue weighted by Gasteiger charge is -2.29. The normalized spacial score (nSPS) is 14.4. The standard InChI is InChI=1S/C17H19BrN4O3/c1-2-22-17(24)15(21-7-9-25-10-8-21)14(11-19-22)20-16(23)12-3-5-13(18)6-4-12/h3-6,11H,2,7-10H2,1H3,(H,20,23). The fraction of sp³-hybridized carbons (Fsp3) is 0.353. The van der Waals surface area contributed by atoms with E-state index in [1.807, 2.05) is 11.8 Å². The molecule has 2 heterocycles. The molecule has 1 aromatic heterocycles. The number of rotatable bonds is 4. The van der Waals surface area contributed by atoms with Crippen LogP contribution in [0.3, 0.4) is 0 Å². The quantitative estimate of drug-likeness (QED) is 0.841. The van der Waals surface area contributed by atoms with Crippen LogP contribution in [-0.4, -0.2) is 42.0 Å². The number of carbonyl (C=O) groups excluding carboxylic acids is 1. The summed E-state index contributed by atoms with van der Waals surface area (Å²) in [5.74, 6) is -0.280. The number of nitrogens with one attached hydrogen (secondary N) is 1. The number of halogens is 1. The first-order valence-electron chi connectivity index (χ1n) is 8.10. The number of hydrogen-bond donors (Lipinski definition) is 1. The molecule has 0 saturated carbocycles. The second-order valence-electron chi connectivity index (χ2n) is 5.59. The molecule has 0 radical (unpaired) electrons. The van der Waals surface area contributed by atoms with E-state index in [2.05, 4.69) is 26.3 Å². The Balaban J connectivity index is 1.94. The third-order valence-electron chi connectivity index (χ3n) is 4.00. The molecule has 132 valence electrons. The summed E-state index contributed by atoms with van der Waals surface area (Å²) in [6.07, 6.45) is 1.53. The van der Waals surface area contributed by atoms with Crippen LogP contribution in [0, 0.1) is 0 Å². The molecule has 1 saturated heterocycles. The first-order chi connectivity index (χ1) is 12.1. The van der Waals surface area contributed by atoms with E-state index in [4.69, 9.17) is 4.74 Å². The molecule has 0 aliphatic carbocycles. The average Bonchev–Trinajstić information content (AvgIpc) is 2.63. The molecule has 0 atom stereocenters. The first kappa shape index (κ1) is 17.6. The third kappa shape index (κ3) is 3.91. The Morgan fingerprint density at radius 3 is 2.60 bits per heavy atom. The minimum absolute atomic E-state index is 0.210. The number of aromatic nitrogens is 2. The maximum absolute atomic E-state index is 12.7. The van der Waals surface area contributed by atoms with Gasteiger partial charge in [0, 0.05) is 29.7 Å². The van der Waals surface area contributed by atoms with Crippen LogP contribution in [0.5, 0.6) is 0 Å². The van der Waals surface area contributed by atoms with E-state index in [-0.39, 0.29) is 11.5 Å². The van der Waals surface area contributed by atoms with Crippen molar-refractivity contribution in [2.75, 3.05) is 36.5 Å². The molecule has 1 aromatic carbocycles. The van der Waals surface area contributed by atoms with Crippen molar-refractivity contribution in [2.24, 2.45) is 0 Å². The van der Waals surface area contributed by atoms with Gasteiger partial charge in [-0.3, -0.25) is 9.59 Å². The van der Waals surface area contributed by atoms with Crippen molar-refractivity contribution >= 4 is 33.2 Å². The van der Waals surface area contributed by atoms with Crippen LogP contribution in [-0.2, 0) is 11.3 Å². The van der Waals surface area contributed by atoms with Gasteiger partial charge in [-0.1, -0.05) is 15.9 Å². The Kier molecular flexibility index (Phi) is 5.50. The van der Waals surface area contributed by atoms with E-state index < -0.39 is 0 Å². The Morgan fingerprint density at radius 1 is 1.28 bits per heavy atom. The first-order valence-corrected chi connectivity index (χ1v) is 8.89. The third-order valence-corrected chi connectivity index (χ3v) is 4.53. The fourth-order valence-corrected chi connectivity index (χ4v) is 2.95. The Hall–Kier alpha value is -2.19. The molecule has 1 aliphatic rings. The molecule has 1 fully saturated rings. The molecule has 2 aromatic rings. The summed E-state index contributed by atoms with van der Waals surface area (Å²) in [7, 11) is 0. The topological polar surface area (TPSA) is 76.5 Å². The van der Waals surface area contributed by atoms with E-state index >= 15 is 0 Å². The molecule has 3 rings (SSSR count). The molecule has 25 heavy (non-hydrogen) atoms. The van der Waals surface area contributed by atoms with Gasteiger partial charge in [-0.2, -0.15) is 5.10 Å². The van der Waals surface area contributed by atoms with Crippen molar-refractivity contribution in [3.8, 4) is 0 Å². The number of nitrogens with zero attached hydrogens (tertiary/aromatic N) is 3. The second-order valence-corrected chi connectivity index (χ2v) is 6.50. The van der Waals surface area contributed by atoms with Crippen molar-refractivity contribution < 1.29 is 9.53 Å². The van der Waals surface area contributed by atoms with Gasteiger partial charge in [0.1, 0.15) is 5.69 Å². The van der Waals surface area contributed by atoms with Gasteiger partial charge in [0.05, 0.1) is 25.1 Å². The number of hydrogen-bond acceptors (Lipinski definition) is 5. The van der Waals surface area contributed by atoms with E-state index in [0.717, 1.165) is 4.47 Å². The summed E-state index contributed by atoms with van der Waals surface area (Å²) in [5, 5.41) is 6.96. The average molecular weight is 407 g/mol. The summed E-state index contributed by atoms with van der Waals surface area (Å²) in [4.78, 5) is 27.2. The van der Waals surface area contributed by atoms with Gasteiger partial charge in [0.2, 0.25) is 0 Å². The van der Waals surface area contributed by atoms with Crippen LogP contribution in [0.15, 0.2) is 39.7 Å². The number of carbonyl (C=O) groups is 1. The van der Waals surface area contributed by atoms with Crippen LogP contribution in [0.4, 0.5) is 11.4 Å². The number of benzene rings is 1. The van der Waals surface area contributed by atoms with E-state index in [1.54, 1.807) is 24.3 Å². The van der Waals surface area contributed by atoms with Gasteiger partial charge in [-0.15, -0.1) is 0 Å². The largest absolute Gasteiger partial charge is 0.378 e. The second kappa shape index (κ2) is 7.79. The zero-order chi connectivity index (χ0) is 17.8. The van der Waals surface area contributed by atoms with Crippen LogP contribution < -0.4 is 15.8 Å². The predicted molar refractivity (Wildman–Crippen MR) is 99.3 cm³/mol.